The molecule has 7 heteroatoms. The van der Waals surface area contributed by atoms with Gasteiger partial charge in [-0.3, -0.25) is 4.98 Å². The number of nitrogens with zero attached hydrogens (tertiary/aromatic N) is 4. The molecule has 0 spiro atoms. The lowest BCUT2D eigenvalue weighted by Crippen LogP contribution is -2.07. The number of aromatic nitrogens is 4. The molecule has 116 valence electrons. The van der Waals surface area contributed by atoms with Crippen LogP contribution in [0.15, 0.2) is 48.8 Å². The van der Waals surface area contributed by atoms with Crippen LogP contribution in [0.1, 0.15) is 5.56 Å². The predicted molar refractivity (Wildman–Crippen MR) is 87.8 cm³/mol. The zero-order valence-corrected chi connectivity index (χ0v) is 12.6. The van der Waals surface area contributed by atoms with Gasteiger partial charge >= 0.3 is 6.01 Å². The molecule has 0 amide bonds. The summed E-state index contributed by atoms with van der Waals surface area (Å²) in [5, 5.41) is 3.15. The van der Waals surface area contributed by atoms with Crippen LogP contribution in [0.3, 0.4) is 0 Å². The van der Waals surface area contributed by atoms with Crippen LogP contribution >= 0.6 is 0 Å². The van der Waals surface area contributed by atoms with E-state index in [2.05, 4.69) is 25.3 Å². The van der Waals surface area contributed by atoms with Gasteiger partial charge in [0.05, 0.1) is 7.11 Å². The summed E-state index contributed by atoms with van der Waals surface area (Å²) in [5.74, 6) is 0.927. The Morgan fingerprint density at radius 3 is 2.78 bits per heavy atom. The summed E-state index contributed by atoms with van der Waals surface area (Å²) in [5.41, 5.74) is 8.29. The number of nitrogens with one attached hydrogen (secondary N) is 1. The van der Waals surface area contributed by atoms with Crippen LogP contribution in [0.5, 0.6) is 6.01 Å². The van der Waals surface area contributed by atoms with E-state index in [9.17, 15) is 0 Å². The SMILES string of the molecule is COc1nc(NCc2cccnc2)nc(-c2cccc(N)c2)n1. The highest BCUT2D eigenvalue weighted by molar-refractivity contribution is 5.61. The molecule has 3 rings (SSSR count). The lowest BCUT2D eigenvalue weighted by atomic mass is 10.2. The Morgan fingerprint density at radius 2 is 2.04 bits per heavy atom. The number of hydrogen-bond acceptors (Lipinski definition) is 7. The highest BCUT2D eigenvalue weighted by Crippen LogP contribution is 2.20. The first-order valence-corrected chi connectivity index (χ1v) is 7.03. The fourth-order valence-corrected chi connectivity index (χ4v) is 2.02. The van der Waals surface area contributed by atoms with E-state index in [0.717, 1.165) is 11.1 Å². The van der Waals surface area contributed by atoms with E-state index in [0.29, 0.717) is 24.0 Å². The molecule has 23 heavy (non-hydrogen) atoms. The molecule has 3 aromatic rings. The van der Waals surface area contributed by atoms with Gasteiger partial charge in [-0.1, -0.05) is 18.2 Å². The van der Waals surface area contributed by atoms with Gasteiger partial charge in [0, 0.05) is 30.2 Å². The summed E-state index contributed by atoms with van der Waals surface area (Å²) in [6, 6.07) is 11.4. The Kier molecular flexibility index (Phi) is 4.28. The molecule has 0 aliphatic carbocycles. The number of hydrogen-bond donors (Lipinski definition) is 2. The Bertz CT molecular complexity index is 794. The summed E-state index contributed by atoms with van der Waals surface area (Å²) in [7, 11) is 1.52. The molecular formula is C16H16N6O. The van der Waals surface area contributed by atoms with Crippen molar-refractivity contribution in [3.8, 4) is 17.4 Å². The van der Waals surface area contributed by atoms with E-state index < -0.39 is 0 Å². The van der Waals surface area contributed by atoms with Gasteiger partial charge in [-0.25, -0.2) is 0 Å². The van der Waals surface area contributed by atoms with Crippen molar-refractivity contribution in [3.05, 3.63) is 54.4 Å². The number of anilines is 2. The van der Waals surface area contributed by atoms with Gasteiger partial charge in [-0.2, -0.15) is 15.0 Å². The maximum Gasteiger partial charge on any atom is 0.321 e. The Balaban J connectivity index is 1.87. The number of nitrogen functional groups attached to an aromatic ring is 1. The summed E-state index contributed by atoms with van der Waals surface area (Å²) in [6.45, 7) is 0.553. The van der Waals surface area contributed by atoms with Gasteiger partial charge in [0.1, 0.15) is 0 Å². The minimum absolute atomic E-state index is 0.242. The maximum atomic E-state index is 5.81. The molecule has 1 aromatic carbocycles. The standard InChI is InChI=1S/C16H16N6O/c1-23-16-21-14(12-5-2-6-13(17)8-12)20-15(22-16)19-10-11-4-3-7-18-9-11/h2-9H,10,17H2,1H3,(H,19,20,21,22). The van der Waals surface area contributed by atoms with Gasteiger partial charge in [-0.05, 0) is 23.8 Å². The highest BCUT2D eigenvalue weighted by atomic mass is 16.5. The molecule has 7 nitrogen and oxygen atoms in total. The zero-order valence-electron chi connectivity index (χ0n) is 12.6. The molecule has 0 bridgehead atoms. The first-order valence-electron chi connectivity index (χ1n) is 7.03. The van der Waals surface area contributed by atoms with Gasteiger partial charge < -0.3 is 15.8 Å². The fraction of sp³-hybridized carbons (Fsp3) is 0.125. The second-order valence-corrected chi connectivity index (χ2v) is 4.81. The second-order valence-electron chi connectivity index (χ2n) is 4.81. The largest absolute Gasteiger partial charge is 0.467 e. The minimum atomic E-state index is 0.242. The van der Waals surface area contributed by atoms with Crippen LogP contribution in [0.2, 0.25) is 0 Å². The molecule has 0 radical (unpaired) electrons. The summed E-state index contributed by atoms with van der Waals surface area (Å²) in [6.07, 6.45) is 3.51. The lowest BCUT2D eigenvalue weighted by Gasteiger charge is -2.08. The summed E-state index contributed by atoms with van der Waals surface area (Å²) < 4.78 is 5.15. The topological polar surface area (TPSA) is 98.8 Å². The van der Waals surface area contributed by atoms with Crippen LogP contribution in [0.25, 0.3) is 11.4 Å². The molecule has 2 aromatic heterocycles. The average Bonchev–Trinajstić information content (AvgIpc) is 2.60. The van der Waals surface area contributed by atoms with Gasteiger partial charge in [0.15, 0.2) is 5.82 Å². The quantitative estimate of drug-likeness (QED) is 0.697. The summed E-state index contributed by atoms with van der Waals surface area (Å²) in [4.78, 5) is 17.0. The third-order valence-electron chi connectivity index (χ3n) is 3.12. The van der Waals surface area contributed by atoms with Crippen molar-refractivity contribution in [2.24, 2.45) is 0 Å². The van der Waals surface area contributed by atoms with Crippen molar-refractivity contribution in [1.82, 2.24) is 19.9 Å². The van der Waals surface area contributed by atoms with Gasteiger partial charge in [0.25, 0.3) is 0 Å². The fourth-order valence-electron chi connectivity index (χ4n) is 2.02. The number of methoxy groups -OCH3 is 1. The maximum absolute atomic E-state index is 5.81. The van der Waals surface area contributed by atoms with Crippen molar-refractivity contribution in [1.29, 1.82) is 0 Å². The molecule has 0 fully saturated rings. The zero-order chi connectivity index (χ0) is 16.1. The monoisotopic (exact) mass is 308 g/mol. The number of pyridine rings is 1. The van der Waals surface area contributed by atoms with Crippen LogP contribution < -0.4 is 15.8 Å². The Hall–Kier alpha value is -3.22. The number of benzene rings is 1. The first-order chi connectivity index (χ1) is 11.2. The van der Waals surface area contributed by atoms with E-state index in [1.54, 1.807) is 18.5 Å². The van der Waals surface area contributed by atoms with E-state index in [4.69, 9.17) is 10.5 Å². The molecule has 3 N–H and O–H groups in total. The molecule has 0 atom stereocenters. The van der Waals surface area contributed by atoms with Crippen LogP contribution in [-0.4, -0.2) is 27.0 Å². The Morgan fingerprint density at radius 1 is 1.13 bits per heavy atom. The van der Waals surface area contributed by atoms with Crippen LogP contribution in [0, 0.1) is 0 Å². The molecule has 2 heterocycles. The molecule has 0 aliphatic heterocycles. The first kappa shape index (κ1) is 14.7. The van der Waals surface area contributed by atoms with Crippen molar-refractivity contribution < 1.29 is 4.74 Å². The van der Waals surface area contributed by atoms with E-state index in [-0.39, 0.29) is 6.01 Å². The van der Waals surface area contributed by atoms with Crippen LogP contribution in [0.4, 0.5) is 11.6 Å². The Labute approximate surface area is 133 Å². The number of ether oxygens (including phenoxy) is 1. The molecular weight excluding hydrogens is 292 g/mol. The van der Waals surface area contributed by atoms with E-state index in [1.165, 1.54) is 7.11 Å². The molecule has 0 saturated heterocycles. The normalized spacial score (nSPS) is 10.3. The van der Waals surface area contributed by atoms with Crippen molar-refractivity contribution in [2.75, 3.05) is 18.2 Å². The number of nitrogens with two attached hydrogens (primary N) is 1. The van der Waals surface area contributed by atoms with Gasteiger partial charge in [-0.15, -0.1) is 0 Å². The van der Waals surface area contributed by atoms with Crippen molar-refractivity contribution in [3.63, 3.8) is 0 Å². The van der Waals surface area contributed by atoms with Gasteiger partial charge in [0.2, 0.25) is 5.95 Å². The van der Waals surface area contributed by atoms with E-state index in [1.807, 2.05) is 30.3 Å². The lowest BCUT2D eigenvalue weighted by molar-refractivity contribution is 0.379. The highest BCUT2D eigenvalue weighted by Gasteiger charge is 2.09. The molecule has 0 saturated carbocycles. The third-order valence-corrected chi connectivity index (χ3v) is 3.12. The van der Waals surface area contributed by atoms with Crippen molar-refractivity contribution >= 4 is 11.6 Å². The second kappa shape index (κ2) is 6.69. The predicted octanol–water partition coefficient (Wildman–Crippen LogP) is 2.14. The van der Waals surface area contributed by atoms with E-state index >= 15 is 0 Å². The van der Waals surface area contributed by atoms with Crippen LogP contribution in [-0.2, 0) is 6.54 Å². The molecule has 0 unspecified atom stereocenters. The molecule has 0 aliphatic rings. The third kappa shape index (κ3) is 3.70. The van der Waals surface area contributed by atoms with Crippen molar-refractivity contribution in [2.45, 2.75) is 6.54 Å². The smallest absolute Gasteiger partial charge is 0.321 e. The minimum Gasteiger partial charge on any atom is -0.467 e. The summed E-state index contributed by atoms with van der Waals surface area (Å²) >= 11 is 0. The number of rotatable bonds is 5. The average molecular weight is 308 g/mol.